The molecule has 7 heteroatoms. The van der Waals surface area contributed by atoms with Crippen molar-refractivity contribution in [3.05, 3.63) is 36.5 Å². The first kappa shape index (κ1) is 16.5. The van der Waals surface area contributed by atoms with Gasteiger partial charge in [0.15, 0.2) is 0 Å². The maximum absolute atomic E-state index is 5.79. The van der Waals surface area contributed by atoms with E-state index in [2.05, 4.69) is 20.2 Å². The Morgan fingerprint density at radius 3 is 2.71 bits per heavy atom. The average Bonchev–Trinajstić information content (AvgIpc) is 2.61. The van der Waals surface area contributed by atoms with Crippen LogP contribution in [0.15, 0.2) is 36.5 Å². The Kier molecular flexibility index (Phi) is 5.81. The lowest BCUT2D eigenvalue weighted by Crippen LogP contribution is -2.37. The van der Waals surface area contributed by atoms with E-state index < -0.39 is 0 Å². The van der Waals surface area contributed by atoms with E-state index in [0.29, 0.717) is 12.4 Å². The van der Waals surface area contributed by atoms with Gasteiger partial charge in [-0.3, -0.25) is 4.90 Å². The van der Waals surface area contributed by atoms with Crippen LogP contribution < -0.4 is 15.8 Å². The SMILES string of the molecule is Nc1nccc(Nc2ccc(OCCCN3CCOCC3)cc2)n1. The van der Waals surface area contributed by atoms with E-state index in [0.717, 1.165) is 50.7 Å². The first-order chi connectivity index (χ1) is 11.8. The number of nitrogen functional groups attached to an aromatic ring is 1. The minimum Gasteiger partial charge on any atom is -0.494 e. The third-order valence-corrected chi connectivity index (χ3v) is 3.79. The topological polar surface area (TPSA) is 85.5 Å². The van der Waals surface area contributed by atoms with Crippen LogP contribution in [0.1, 0.15) is 6.42 Å². The summed E-state index contributed by atoms with van der Waals surface area (Å²) in [6.45, 7) is 5.49. The summed E-state index contributed by atoms with van der Waals surface area (Å²) in [5.74, 6) is 1.78. The van der Waals surface area contributed by atoms with E-state index in [1.54, 1.807) is 12.3 Å². The largest absolute Gasteiger partial charge is 0.494 e. The molecule has 1 aromatic carbocycles. The highest BCUT2D eigenvalue weighted by Gasteiger charge is 2.09. The zero-order valence-corrected chi connectivity index (χ0v) is 13.6. The normalized spacial score (nSPS) is 15.2. The number of nitrogens with one attached hydrogen (secondary N) is 1. The van der Waals surface area contributed by atoms with Gasteiger partial charge in [-0.1, -0.05) is 0 Å². The molecule has 2 heterocycles. The minimum atomic E-state index is 0.250. The second-order valence-corrected chi connectivity index (χ2v) is 5.61. The van der Waals surface area contributed by atoms with Crippen LogP contribution in [-0.4, -0.2) is 54.3 Å². The van der Waals surface area contributed by atoms with Gasteiger partial charge in [0.05, 0.1) is 19.8 Å². The van der Waals surface area contributed by atoms with Crippen LogP contribution in [-0.2, 0) is 4.74 Å². The van der Waals surface area contributed by atoms with Gasteiger partial charge in [-0.2, -0.15) is 4.98 Å². The number of rotatable bonds is 7. The molecule has 1 fully saturated rings. The summed E-state index contributed by atoms with van der Waals surface area (Å²) in [6, 6.07) is 9.57. The lowest BCUT2D eigenvalue weighted by Gasteiger charge is -2.26. The molecule has 24 heavy (non-hydrogen) atoms. The van der Waals surface area contributed by atoms with Crippen LogP contribution >= 0.6 is 0 Å². The van der Waals surface area contributed by atoms with E-state index in [1.807, 2.05) is 24.3 Å². The molecule has 2 aromatic rings. The zero-order valence-electron chi connectivity index (χ0n) is 13.6. The number of nitrogens with two attached hydrogens (primary N) is 1. The molecule has 0 bridgehead atoms. The van der Waals surface area contributed by atoms with Gasteiger partial charge in [-0.15, -0.1) is 0 Å². The third kappa shape index (κ3) is 5.07. The van der Waals surface area contributed by atoms with Gasteiger partial charge in [0, 0.05) is 31.5 Å². The molecule has 0 unspecified atom stereocenters. The van der Waals surface area contributed by atoms with Crippen LogP contribution in [0.3, 0.4) is 0 Å². The quantitative estimate of drug-likeness (QED) is 0.750. The summed E-state index contributed by atoms with van der Waals surface area (Å²) in [5.41, 5.74) is 6.49. The molecule has 7 nitrogen and oxygen atoms in total. The summed E-state index contributed by atoms with van der Waals surface area (Å²) >= 11 is 0. The number of benzene rings is 1. The molecule has 3 rings (SSSR count). The molecule has 128 valence electrons. The number of aromatic nitrogens is 2. The van der Waals surface area contributed by atoms with Gasteiger partial charge in [0.2, 0.25) is 5.95 Å². The highest BCUT2D eigenvalue weighted by Crippen LogP contribution is 2.19. The molecule has 0 saturated carbocycles. The van der Waals surface area contributed by atoms with Crippen LogP contribution in [0.2, 0.25) is 0 Å². The molecular formula is C17H23N5O2. The van der Waals surface area contributed by atoms with Gasteiger partial charge < -0.3 is 20.5 Å². The fourth-order valence-corrected chi connectivity index (χ4v) is 2.53. The van der Waals surface area contributed by atoms with Crippen molar-refractivity contribution in [3.63, 3.8) is 0 Å². The number of anilines is 3. The predicted molar refractivity (Wildman–Crippen MR) is 93.5 cm³/mol. The van der Waals surface area contributed by atoms with Gasteiger partial charge in [0.25, 0.3) is 0 Å². The van der Waals surface area contributed by atoms with E-state index in [4.69, 9.17) is 15.2 Å². The summed E-state index contributed by atoms with van der Waals surface area (Å²) in [5, 5.41) is 3.18. The van der Waals surface area contributed by atoms with Gasteiger partial charge >= 0.3 is 0 Å². The number of hydrogen-bond acceptors (Lipinski definition) is 7. The fourth-order valence-electron chi connectivity index (χ4n) is 2.53. The van der Waals surface area contributed by atoms with E-state index in [-0.39, 0.29) is 5.95 Å². The number of ether oxygens (including phenoxy) is 2. The molecule has 1 aromatic heterocycles. The van der Waals surface area contributed by atoms with E-state index in [9.17, 15) is 0 Å². The summed E-state index contributed by atoms with van der Waals surface area (Å²) in [6.07, 6.45) is 2.64. The van der Waals surface area contributed by atoms with E-state index >= 15 is 0 Å². The lowest BCUT2D eigenvalue weighted by atomic mass is 10.3. The molecule has 0 atom stereocenters. The first-order valence-electron chi connectivity index (χ1n) is 8.18. The summed E-state index contributed by atoms with van der Waals surface area (Å²) in [4.78, 5) is 10.4. The Morgan fingerprint density at radius 1 is 1.17 bits per heavy atom. The summed E-state index contributed by atoms with van der Waals surface area (Å²) in [7, 11) is 0. The highest BCUT2D eigenvalue weighted by atomic mass is 16.5. The minimum absolute atomic E-state index is 0.250. The molecule has 0 radical (unpaired) electrons. The van der Waals surface area contributed by atoms with Crippen molar-refractivity contribution in [2.75, 3.05) is 50.5 Å². The molecule has 0 spiro atoms. The molecule has 1 aliphatic heterocycles. The molecule has 1 saturated heterocycles. The second-order valence-electron chi connectivity index (χ2n) is 5.61. The molecule has 0 amide bonds. The standard InChI is InChI=1S/C17H23N5O2/c18-17-19-7-6-16(21-17)20-14-2-4-15(5-3-14)24-11-1-8-22-9-12-23-13-10-22/h2-7H,1,8-13H2,(H3,18,19,20,21). The fraction of sp³-hybridized carbons (Fsp3) is 0.412. The summed E-state index contributed by atoms with van der Waals surface area (Å²) < 4.78 is 11.1. The van der Waals surface area contributed by atoms with Crippen molar-refractivity contribution >= 4 is 17.5 Å². The van der Waals surface area contributed by atoms with Crippen molar-refractivity contribution in [1.82, 2.24) is 14.9 Å². The van der Waals surface area contributed by atoms with Gasteiger partial charge in [0.1, 0.15) is 11.6 Å². The molecule has 0 aliphatic carbocycles. The van der Waals surface area contributed by atoms with Gasteiger partial charge in [-0.05, 0) is 36.8 Å². The van der Waals surface area contributed by atoms with Crippen molar-refractivity contribution < 1.29 is 9.47 Å². The highest BCUT2D eigenvalue weighted by molar-refractivity contribution is 5.57. The van der Waals surface area contributed by atoms with Crippen LogP contribution in [0.25, 0.3) is 0 Å². The maximum atomic E-state index is 5.79. The Hall–Kier alpha value is -2.38. The zero-order chi connectivity index (χ0) is 16.6. The van der Waals surface area contributed by atoms with Crippen molar-refractivity contribution in [3.8, 4) is 5.75 Å². The molecule has 1 aliphatic rings. The Balaban J connectivity index is 1.41. The smallest absolute Gasteiger partial charge is 0.221 e. The van der Waals surface area contributed by atoms with Crippen LogP contribution in [0.5, 0.6) is 5.75 Å². The molecule has 3 N–H and O–H groups in total. The Morgan fingerprint density at radius 2 is 1.96 bits per heavy atom. The van der Waals surface area contributed by atoms with Crippen LogP contribution in [0, 0.1) is 0 Å². The van der Waals surface area contributed by atoms with Crippen molar-refractivity contribution in [2.24, 2.45) is 0 Å². The van der Waals surface area contributed by atoms with E-state index in [1.165, 1.54) is 0 Å². The second kappa shape index (κ2) is 8.47. The Labute approximate surface area is 141 Å². The number of nitrogens with zero attached hydrogens (tertiary/aromatic N) is 3. The monoisotopic (exact) mass is 329 g/mol. The lowest BCUT2D eigenvalue weighted by molar-refractivity contribution is 0.0358. The first-order valence-corrected chi connectivity index (χ1v) is 8.18. The average molecular weight is 329 g/mol. The Bertz CT molecular complexity index is 629. The third-order valence-electron chi connectivity index (χ3n) is 3.79. The number of hydrogen-bond donors (Lipinski definition) is 2. The number of morpholine rings is 1. The van der Waals surface area contributed by atoms with Crippen molar-refractivity contribution in [1.29, 1.82) is 0 Å². The molecular weight excluding hydrogens is 306 g/mol. The predicted octanol–water partition coefficient (Wildman–Crippen LogP) is 1.90. The maximum Gasteiger partial charge on any atom is 0.221 e. The van der Waals surface area contributed by atoms with Gasteiger partial charge in [-0.25, -0.2) is 4.98 Å². The van der Waals surface area contributed by atoms with Crippen LogP contribution in [0.4, 0.5) is 17.5 Å². The van der Waals surface area contributed by atoms with Crippen molar-refractivity contribution in [2.45, 2.75) is 6.42 Å².